The van der Waals surface area contributed by atoms with Gasteiger partial charge in [-0.3, -0.25) is 9.59 Å². The number of para-hydroxylation sites is 2. The van der Waals surface area contributed by atoms with E-state index < -0.39 is 0 Å². The SMILES string of the molecule is CN(CC(=O)NC1CC1)C(=O)CSc1nc2ccccc2o1. The molecule has 3 rings (SSSR count). The Balaban J connectivity index is 1.49. The number of hydrogen-bond acceptors (Lipinski definition) is 5. The van der Waals surface area contributed by atoms with Crippen LogP contribution in [0.1, 0.15) is 12.8 Å². The Hall–Kier alpha value is -2.02. The topological polar surface area (TPSA) is 75.4 Å². The van der Waals surface area contributed by atoms with Crippen LogP contribution in [0.5, 0.6) is 0 Å². The molecule has 1 aromatic carbocycles. The highest BCUT2D eigenvalue weighted by atomic mass is 32.2. The molecule has 0 saturated heterocycles. The molecule has 1 fully saturated rings. The number of carbonyl (C=O) groups is 2. The van der Waals surface area contributed by atoms with E-state index in [1.54, 1.807) is 7.05 Å². The van der Waals surface area contributed by atoms with Crippen LogP contribution in [0.2, 0.25) is 0 Å². The summed E-state index contributed by atoms with van der Waals surface area (Å²) in [4.78, 5) is 29.4. The van der Waals surface area contributed by atoms with Crippen molar-refractivity contribution < 1.29 is 14.0 Å². The monoisotopic (exact) mass is 319 g/mol. The maximum absolute atomic E-state index is 12.0. The summed E-state index contributed by atoms with van der Waals surface area (Å²) in [5.41, 5.74) is 1.48. The Morgan fingerprint density at radius 3 is 2.91 bits per heavy atom. The molecule has 0 unspecified atom stereocenters. The van der Waals surface area contributed by atoms with Crippen molar-refractivity contribution in [1.29, 1.82) is 0 Å². The van der Waals surface area contributed by atoms with Crippen LogP contribution in [-0.2, 0) is 9.59 Å². The van der Waals surface area contributed by atoms with Gasteiger partial charge in [-0.15, -0.1) is 0 Å². The summed E-state index contributed by atoms with van der Waals surface area (Å²) >= 11 is 1.24. The third-order valence-corrected chi connectivity index (χ3v) is 4.16. The van der Waals surface area contributed by atoms with Gasteiger partial charge in [0.1, 0.15) is 5.52 Å². The number of thioether (sulfide) groups is 1. The molecule has 0 spiro atoms. The number of amides is 2. The summed E-state index contributed by atoms with van der Waals surface area (Å²) in [6.07, 6.45) is 2.08. The molecule has 0 atom stereocenters. The smallest absolute Gasteiger partial charge is 0.257 e. The highest BCUT2D eigenvalue weighted by Gasteiger charge is 2.24. The number of oxazole rings is 1. The highest BCUT2D eigenvalue weighted by Crippen LogP contribution is 2.23. The Kier molecular flexibility index (Phi) is 4.33. The molecule has 0 aliphatic heterocycles. The van der Waals surface area contributed by atoms with Gasteiger partial charge in [-0.05, 0) is 25.0 Å². The molecule has 0 bridgehead atoms. The van der Waals surface area contributed by atoms with Crippen LogP contribution in [0.15, 0.2) is 33.9 Å². The van der Waals surface area contributed by atoms with Crippen molar-refractivity contribution >= 4 is 34.7 Å². The van der Waals surface area contributed by atoms with E-state index in [1.807, 2.05) is 24.3 Å². The fraction of sp³-hybridized carbons (Fsp3) is 0.400. The molecule has 7 heteroatoms. The zero-order valence-electron chi connectivity index (χ0n) is 12.2. The highest BCUT2D eigenvalue weighted by molar-refractivity contribution is 7.99. The number of rotatable bonds is 6. The van der Waals surface area contributed by atoms with Crippen molar-refractivity contribution in [2.45, 2.75) is 24.1 Å². The molecule has 1 aromatic heterocycles. The number of nitrogens with zero attached hydrogens (tertiary/aromatic N) is 2. The largest absolute Gasteiger partial charge is 0.431 e. The third kappa shape index (κ3) is 3.79. The van der Waals surface area contributed by atoms with Gasteiger partial charge < -0.3 is 14.6 Å². The predicted octanol–water partition coefficient (Wildman–Crippen LogP) is 1.66. The Bertz CT molecular complexity index is 663. The lowest BCUT2D eigenvalue weighted by Crippen LogP contribution is -2.39. The quantitative estimate of drug-likeness (QED) is 0.820. The first-order chi connectivity index (χ1) is 10.6. The number of nitrogens with one attached hydrogen (secondary N) is 1. The van der Waals surface area contributed by atoms with Crippen molar-refractivity contribution in [3.63, 3.8) is 0 Å². The van der Waals surface area contributed by atoms with E-state index in [9.17, 15) is 9.59 Å². The third-order valence-electron chi connectivity index (χ3n) is 3.34. The standard InChI is InChI=1S/C15H17N3O3S/c1-18(8-13(19)16-10-6-7-10)14(20)9-22-15-17-11-4-2-3-5-12(11)21-15/h2-5,10H,6-9H2,1H3,(H,16,19). The lowest BCUT2D eigenvalue weighted by molar-refractivity contribution is -0.132. The van der Waals surface area contributed by atoms with Crippen LogP contribution in [0.25, 0.3) is 11.1 Å². The van der Waals surface area contributed by atoms with Gasteiger partial charge in [-0.1, -0.05) is 23.9 Å². The van der Waals surface area contributed by atoms with Crippen LogP contribution < -0.4 is 5.32 Å². The summed E-state index contributed by atoms with van der Waals surface area (Å²) in [5, 5.41) is 3.32. The lowest BCUT2D eigenvalue weighted by atomic mass is 10.3. The van der Waals surface area contributed by atoms with Gasteiger partial charge in [0.15, 0.2) is 5.58 Å². The average Bonchev–Trinajstić information content (AvgIpc) is 3.20. The second-order valence-corrected chi connectivity index (χ2v) is 6.25. The molecule has 2 aromatic rings. The molecule has 2 amide bonds. The second kappa shape index (κ2) is 6.39. The zero-order chi connectivity index (χ0) is 15.5. The van der Waals surface area contributed by atoms with E-state index in [0.29, 0.717) is 16.8 Å². The molecule has 1 N–H and O–H groups in total. The van der Waals surface area contributed by atoms with Gasteiger partial charge in [0.2, 0.25) is 11.8 Å². The molecule has 1 aliphatic carbocycles. The van der Waals surface area contributed by atoms with Crippen LogP contribution in [0.4, 0.5) is 0 Å². The predicted molar refractivity (Wildman–Crippen MR) is 83.5 cm³/mol. The van der Waals surface area contributed by atoms with Crippen LogP contribution in [-0.4, -0.2) is 47.1 Å². The molecular weight excluding hydrogens is 302 g/mol. The minimum absolute atomic E-state index is 0.0868. The van der Waals surface area contributed by atoms with Gasteiger partial charge in [-0.2, -0.15) is 0 Å². The van der Waals surface area contributed by atoms with Crippen LogP contribution in [0, 0.1) is 0 Å². The maximum Gasteiger partial charge on any atom is 0.257 e. The molecule has 6 nitrogen and oxygen atoms in total. The van der Waals surface area contributed by atoms with Crippen molar-refractivity contribution in [3.8, 4) is 0 Å². The van der Waals surface area contributed by atoms with Gasteiger partial charge in [0.25, 0.3) is 5.22 Å². The first-order valence-electron chi connectivity index (χ1n) is 7.13. The number of benzene rings is 1. The summed E-state index contributed by atoms with van der Waals surface area (Å²) in [5.74, 6) is -0.0385. The second-order valence-electron chi connectivity index (χ2n) is 5.33. The van der Waals surface area contributed by atoms with E-state index in [1.165, 1.54) is 16.7 Å². The van der Waals surface area contributed by atoms with Crippen molar-refractivity contribution in [1.82, 2.24) is 15.2 Å². The minimum Gasteiger partial charge on any atom is -0.431 e. The van der Waals surface area contributed by atoms with E-state index in [2.05, 4.69) is 10.3 Å². The number of carbonyl (C=O) groups excluding carboxylic acids is 2. The van der Waals surface area contributed by atoms with Crippen LogP contribution >= 0.6 is 11.8 Å². The fourth-order valence-corrected chi connectivity index (χ4v) is 2.73. The number of fused-ring (bicyclic) bond motifs is 1. The van der Waals surface area contributed by atoms with Gasteiger partial charge in [0, 0.05) is 13.1 Å². The maximum atomic E-state index is 12.0. The molecule has 116 valence electrons. The summed E-state index contributed by atoms with van der Waals surface area (Å²) in [6.45, 7) is 0.0868. The number of likely N-dealkylation sites (N-methyl/N-ethyl adjacent to an activating group) is 1. The lowest BCUT2D eigenvalue weighted by Gasteiger charge is -2.15. The van der Waals surface area contributed by atoms with Crippen molar-refractivity contribution in [3.05, 3.63) is 24.3 Å². The first kappa shape index (κ1) is 14.9. The van der Waals surface area contributed by atoms with E-state index >= 15 is 0 Å². The van der Waals surface area contributed by atoms with Crippen LogP contribution in [0.3, 0.4) is 0 Å². The number of hydrogen-bond donors (Lipinski definition) is 1. The van der Waals surface area contributed by atoms with E-state index in [4.69, 9.17) is 4.42 Å². The zero-order valence-corrected chi connectivity index (χ0v) is 13.1. The molecule has 1 heterocycles. The Morgan fingerprint density at radius 1 is 1.41 bits per heavy atom. The minimum atomic E-state index is -0.127. The van der Waals surface area contributed by atoms with Crippen molar-refractivity contribution in [2.75, 3.05) is 19.3 Å². The number of aromatic nitrogens is 1. The van der Waals surface area contributed by atoms with E-state index in [0.717, 1.165) is 18.4 Å². The summed E-state index contributed by atoms with van der Waals surface area (Å²) < 4.78 is 5.54. The molecular formula is C15H17N3O3S. The molecule has 1 saturated carbocycles. The molecule has 1 aliphatic rings. The first-order valence-corrected chi connectivity index (χ1v) is 8.12. The molecule has 0 radical (unpaired) electrons. The summed E-state index contributed by atoms with van der Waals surface area (Å²) in [7, 11) is 1.63. The van der Waals surface area contributed by atoms with Gasteiger partial charge in [0.05, 0.1) is 12.3 Å². The van der Waals surface area contributed by atoms with E-state index in [-0.39, 0.29) is 24.1 Å². The normalized spacial score (nSPS) is 14.0. The fourth-order valence-electron chi connectivity index (χ4n) is 1.95. The van der Waals surface area contributed by atoms with Crippen molar-refractivity contribution in [2.24, 2.45) is 0 Å². The van der Waals surface area contributed by atoms with Gasteiger partial charge >= 0.3 is 0 Å². The Labute approximate surface area is 132 Å². The summed E-state index contributed by atoms with van der Waals surface area (Å²) in [6, 6.07) is 7.77. The Morgan fingerprint density at radius 2 is 2.18 bits per heavy atom. The van der Waals surface area contributed by atoms with Gasteiger partial charge in [-0.25, -0.2) is 4.98 Å². The average molecular weight is 319 g/mol. The molecule has 22 heavy (non-hydrogen) atoms.